The Balaban J connectivity index is 1.71. The Morgan fingerprint density at radius 2 is 1.96 bits per heavy atom. The summed E-state index contributed by atoms with van der Waals surface area (Å²) in [6.45, 7) is 4.02. The molecule has 0 radical (unpaired) electrons. The van der Waals surface area contributed by atoms with Crippen LogP contribution in [0.1, 0.15) is 5.69 Å². The molecule has 0 aliphatic rings. The van der Waals surface area contributed by atoms with Crippen molar-refractivity contribution >= 4 is 22.3 Å². The molecule has 0 aliphatic carbocycles. The SMILES string of the molecule is C=C(Nc1cncc(F)c1)c1n[nH]c2ccc(-c3cccnc3)cc12. The lowest BCUT2D eigenvalue weighted by atomic mass is 10.0. The van der Waals surface area contributed by atoms with Gasteiger partial charge in [0.2, 0.25) is 0 Å². The second-order valence-electron chi connectivity index (χ2n) is 5.57. The van der Waals surface area contributed by atoms with E-state index in [-0.39, 0.29) is 0 Å². The van der Waals surface area contributed by atoms with Crippen molar-refractivity contribution in [2.24, 2.45) is 0 Å². The zero-order chi connectivity index (χ0) is 17.2. The number of benzene rings is 1. The minimum Gasteiger partial charge on any atom is -0.353 e. The van der Waals surface area contributed by atoms with Gasteiger partial charge in [0.25, 0.3) is 0 Å². The van der Waals surface area contributed by atoms with E-state index in [2.05, 4.69) is 32.1 Å². The zero-order valence-electron chi connectivity index (χ0n) is 13.2. The fraction of sp³-hybridized carbons (Fsp3) is 0. The molecule has 0 aliphatic heterocycles. The van der Waals surface area contributed by atoms with Gasteiger partial charge < -0.3 is 5.32 Å². The summed E-state index contributed by atoms with van der Waals surface area (Å²) in [6, 6.07) is 11.3. The van der Waals surface area contributed by atoms with E-state index in [4.69, 9.17) is 0 Å². The molecule has 4 aromatic rings. The molecule has 3 heterocycles. The van der Waals surface area contributed by atoms with Crippen LogP contribution in [0.2, 0.25) is 0 Å². The first-order valence-corrected chi connectivity index (χ1v) is 7.66. The molecule has 5 nitrogen and oxygen atoms in total. The molecule has 0 fully saturated rings. The lowest BCUT2D eigenvalue weighted by Gasteiger charge is -2.08. The third-order valence-corrected chi connectivity index (χ3v) is 3.84. The number of nitrogens with zero attached hydrogens (tertiary/aromatic N) is 3. The number of hydrogen-bond acceptors (Lipinski definition) is 4. The van der Waals surface area contributed by atoms with Gasteiger partial charge in [-0.25, -0.2) is 4.39 Å². The highest BCUT2D eigenvalue weighted by molar-refractivity contribution is 5.94. The normalized spacial score (nSPS) is 10.8. The Morgan fingerprint density at radius 3 is 2.76 bits per heavy atom. The highest BCUT2D eigenvalue weighted by Gasteiger charge is 2.11. The van der Waals surface area contributed by atoms with Crippen LogP contribution in [0, 0.1) is 5.82 Å². The van der Waals surface area contributed by atoms with Crippen molar-refractivity contribution < 1.29 is 4.39 Å². The molecular weight excluding hydrogens is 317 g/mol. The number of fused-ring (bicyclic) bond motifs is 1. The van der Waals surface area contributed by atoms with E-state index in [0.717, 1.165) is 28.2 Å². The molecular formula is C19H14FN5. The third-order valence-electron chi connectivity index (χ3n) is 3.84. The first-order chi connectivity index (χ1) is 12.2. The van der Waals surface area contributed by atoms with Gasteiger partial charge in [-0.15, -0.1) is 0 Å². The molecule has 0 unspecified atom stereocenters. The van der Waals surface area contributed by atoms with E-state index < -0.39 is 5.82 Å². The van der Waals surface area contributed by atoms with Gasteiger partial charge in [0.1, 0.15) is 11.5 Å². The van der Waals surface area contributed by atoms with Crippen molar-refractivity contribution in [2.75, 3.05) is 5.32 Å². The highest BCUT2D eigenvalue weighted by Crippen LogP contribution is 2.28. The van der Waals surface area contributed by atoms with Crippen LogP contribution in [0.15, 0.2) is 67.8 Å². The Morgan fingerprint density at radius 1 is 1.04 bits per heavy atom. The molecule has 0 bridgehead atoms. The Bertz CT molecular complexity index is 1060. The summed E-state index contributed by atoms with van der Waals surface area (Å²) in [5, 5.41) is 11.3. The van der Waals surface area contributed by atoms with Crippen LogP contribution in [-0.4, -0.2) is 20.2 Å². The molecule has 0 saturated carbocycles. The standard InChI is InChI=1S/C19H14FN5/c1-12(23-16-8-15(20)10-22-11-16)19-17-7-13(4-5-18(17)24-25-19)14-3-2-6-21-9-14/h2-11,23H,1H2,(H,24,25). The summed E-state index contributed by atoms with van der Waals surface area (Å²) >= 11 is 0. The van der Waals surface area contributed by atoms with Crippen LogP contribution in [0.25, 0.3) is 27.7 Å². The predicted octanol–water partition coefficient (Wildman–Crippen LogP) is 4.24. The summed E-state index contributed by atoms with van der Waals surface area (Å²) in [7, 11) is 0. The maximum Gasteiger partial charge on any atom is 0.143 e. The van der Waals surface area contributed by atoms with Gasteiger partial charge in [0.15, 0.2) is 0 Å². The number of rotatable bonds is 4. The van der Waals surface area contributed by atoms with Crippen LogP contribution >= 0.6 is 0 Å². The largest absolute Gasteiger partial charge is 0.353 e. The molecule has 0 amide bonds. The number of aromatic amines is 1. The van der Waals surface area contributed by atoms with E-state index in [9.17, 15) is 4.39 Å². The van der Waals surface area contributed by atoms with Crippen molar-refractivity contribution in [2.45, 2.75) is 0 Å². The van der Waals surface area contributed by atoms with E-state index in [1.54, 1.807) is 6.20 Å². The Labute approximate surface area is 143 Å². The smallest absolute Gasteiger partial charge is 0.143 e. The summed E-state index contributed by atoms with van der Waals surface area (Å²) in [5.41, 5.74) is 4.69. The van der Waals surface area contributed by atoms with E-state index in [1.807, 2.05) is 36.5 Å². The van der Waals surface area contributed by atoms with Gasteiger partial charge in [-0.2, -0.15) is 5.10 Å². The maximum atomic E-state index is 13.3. The minimum atomic E-state index is -0.413. The number of anilines is 1. The fourth-order valence-corrected chi connectivity index (χ4v) is 2.67. The molecule has 0 atom stereocenters. The molecule has 0 saturated heterocycles. The highest BCUT2D eigenvalue weighted by atomic mass is 19.1. The first-order valence-electron chi connectivity index (χ1n) is 7.66. The summed E-state index contributed by atoms with van der Waals surface area (Å²) < 4.78 is 13.3. The zero-order valence-corrected chi connectivity index (χ0v) is 13.2. The quantitative estimate of drug-likeness (QED) is 0.587. The van der Waals surface area contributed by atoms with Crippen LogP contribution in [-0.2, 0) is 0 Å². The van der Waals surface area contributed by atoms with Gasteiger partial charge >= 0.3 is 0 Å². The van der Waals surface area contributed by atoms with Crippen LogP contribution in [0.3, 0.4) is 0 Å². The Hall–Kier alpha value is -3.54. The minimum absolute atomic E-state index is 0.413. The third kappa shape index (κ3) is 2.97. The van der Waals surface area contributed by atoms with Crippen LogP contribution in [0.5, 0.6) is 0 Å². The monoisotopic (exact) mass is 331 g/mol. The summed E-state index contributed by atoms with van der Waals surface area (Å²) in [4.78, 5) is 7.98. The number of H-pyrrole nitrogens is 1. The van der Waals surface area contributed by atoms with Gasteiger partial charge in [-0.1, -0.05) is 18.7 Å². The van der Waals surface area contributed by atoms with Crippen molar-refractivity contribution in [3.63, 3.8) is 0 Å². The molecule has 3 aromatic heterocycles. The van der Waals surface area contributed by atoms with Gasteiger partial charge in [0.05, 0.1) is 29.3 Å². The molecule has 2 N–H and O–H groups in total. The van der Waals surface area contributed by atoms with E-state index >= 15 is 0 Å². The van der Waals surface area contributed by atoms with Crippen LogP contribution in [0.4, 0.5) is 10.1 Å². The molecule has 25 heavy (non-hydrogen) atoms. The first kappa shape index (κ1) is 15.0. The van der Waals surface area contributed by atoms with Gasteiger partial charge in [-0.05, 0) is 23.8 Å². The summed E-state index contributed by atoms with van der Waals surface area (Å²) in [6.07, 6.45) is 6.23. The lowest BCUT2D eigenvalue weighted by molar-refractivity contribution is 0.622. The van der Waals surface area contributed by atoms with Crippen molar-refractivity contribution in [1.29, 1.82) is 0 Å². The van der Waals surface area contributed by atoms with Crippen molar-refractivity contribution in [3.05, 3.63) is 79.3 Å². The summed E-state index contributed by atoms with van der Waals surface area (Å²) in [5.74, 6) is -0.413. The van der Waals surface area contributed by atoms with Gasteiger partial charge in [-0.3, -0.25) is 15.1 Å². The number of aromatic nitrogens is 4. The topological polar surface area (TPSA) is 66.5 Å². The van der Waals surface area contributed by atoms with Crippen molar-refractivity contribution in [1.82, 2.24) is 20.2 Å². The maximum absolute atomic E-state index is 13.3. The van der Waals surface area contributed by atoms with Gasteiger partial charge in [0, 0.05) is 29.4 Å². The number of halogens is 1. The second kappa shape index (κ2) is 6.16. The number of pyridine rings is 2. The molecule has 4 rings (SSSR count). The molecule has 0 spiro atoms. The van der Waals surface area contributed by atoms with Crippen LogP contribution < -0.4 is 5.32 Å². The predicted molar refractivity (Wildman–Crippen MR) is 96.2 cm³/mol. The average molecular weight is 331 g/mol. The molecule has 6 heteroatoms. The van der Waals surface area contributed by atoms with E-state index in [1.165, 1.54) is 12.3 Å². The fourth-order valence-electron chi connectivity index (χ4n) is 2.67. The molecule has 1 aromatic carbocycles. The second-order valence-corrected chi connectivity index (χ2v) is 5.57. The number of nitrogens with one attached hydrogen (secondary N) is 2. The van der Waals surface area contributed by atoms with E-state index in [0.29, 0.717) is 17.1 Å². The Kier molecular flexibility index (Phi) is 3.70. The number of hydrogen-bond donors (Lipinski definition) is 2. The molecule has 122 valence electrons. The van der Waals surface area contributed by atoms with Crippen molar-refractivity contribution in [3.8, 4) is 11.1 Å². The lowest BCUT2D eigenvalue weighted by Crippen LogP contribution is -1.99. The average Bonchev–Trinajstić information content (AvgIpc) is 3.06.